The molecule has 0 saturated heterocycles. The van der Waals surface area contributed by atoms with Gasteiger partial charge in [0.05, 0.1) is 20.1 Å². The van der Waals surface area contributed by atoms with Crippen LogP contribution in [-0.4, -0.2) is 25.3 Å². The lowest BCUT2D eigenvalue weighted by atomic mass is 9.85. The second-order valence-electron chi connectivity index (χ2n) is 5.53. The van der Waals surface area contributed by atoms with E-state index in [1.807, 2.05) is 48.5 Å². The van der Waals surface area contributed by atoms with Gasteiger partial charge in [0.25, 0.3) is 0 Å². The summed E-state index contributed by atoms with van der Waals surface area (Å²) in [4.78, 5) is 11.6. The molecule has 0 radical (unpaired) electrons. The number of rotatable bonds is 5. The molecule has 22 heavy (non-hydrogen) atoms. The first-order valence-electron chi connectivity index (χ1n) is 7.13. The van der Waals surface area contributed by atoms with Crippen molar-refractivity contribution in [3.8, 4) is 11.5 Å². The van der Waals surface area contributed by atoms with E-state index in [-0.39, 0.29) is 0 Å². The van der Waals surface area contributed by atoms with Crippen molar-refractivity contribution in [2.24, 2.45) is 5.92 Å². The zero-order chi connectivity index (χ0) is 15.7. The quantitative estimate of drug-likeness (QED) is 0.921. The Morgan fingerprint density at radius 1 is 1.05 bits per heavy atom. The molecule has 2 aromatic rings. The fourth-order valence-corrected chi connectivity index (χ4v) is 3.17. The Hall–Kier alpha value is -2.49. The minimum absolute atomic E-state index is 0.424. The zero-order valence-electron chi connectivity index (χ0n) is 12.6. The summed E-state index contributed by atoms with van der Waals surface area (Å²) in [7, 11) is 3.22. The Morgan fingerprint density at radius 3 is 1.91 bits per heavy atom. The molecule has 0 aliphatic heterocycles. The second-order valence-corrected chi connectivity index (χ2v) is 5.53. The Morgan fingerprint density at radius 2 is 1.55 bits per heavy atom. The average molecular weight is 298 g/mol. The number of carbonyl (C=O) groups is 1. The molecule has 1 atom stereocenters. The van der Waals surface area contributed by atoms with E-state index >= 15 is 0 Å². The molecule has 0 unspecified atom stereocenters. The lowest BCUT2D eigenvalue weighted by Gasteiger charge is -2.19. The molecule has 1 N–H and O–H groups in total. The monoisotopic (exact) mass is 298 g/mol. The predicted octanol–water partition coefficient (Wildman–Crippen LogP) is 3.09. The summed E-state index contributed by atoms with van der Waals surface area (Å²) in [5, 5.41) is 9.50. The summed E-state index contributed by atoms with van der Waals surface area (Å²) < 4.78 is 10.6. The van der Waals surface area contributed by atoms with Gasteiger partial charge in [-0.25, -0.2) is 0 Å². The van der Waals surface area contributed by atoms with Gasteiger partial charge in [0.1, 0.15) is 11.5 Å². The fourth-order valence-electron chi connectivity index (χ4n) is 3.17. The van der Waals surface area contributed by atoms with Gasteiger partial charge in [-0.2, -0.15) is 0 Å². The summed E-state index contributed by atoms with van der Waals surface area (Å²) in [5.41, 5.74) is 1.43. The van der Waals surface area contributed by atoms with Crippen molar-refractivity contribution in [3.05, 3.63) is 59.7 Å². The molecule has 1 saturated carbocycles. The standard InChI is InChI=1S/C18H18O4/c1-21-14-7-3-5-12(9-14)18(11-16(18)17(19)20)13-6-4-8-15(10-13)22-2/h3-10,16H,11H2,1-2H3,(H,19,20)/t16-/m0/s1. The first-order valence-corrected chi connectivity index (χ1v) is 7.13. The molecule has 1 aliphatic rings. The van der Waals surface area contributed by atoms with Crippen molar-refractivity contribution in [3.63, 3.8) is 0 Å². The third kappa shape index (κ3) is 2.21. The number of aliphatic carboxylic acids is 1. The van der Waals surface area contributed by atoms with E-state index in [4.69, 9.17) is 9.47 Å². The van der Waals surface area contributed by atoms with Gasteiger partial charge in [-0.15, -0.1) is 0 Å². The van der Waals surface area contributed by atoms with Crippen LogP contribution in [-0.2, 0) is 10.2 Å². The maximum atomic E-state index is 11.6. The largest absolute Gasteiger partial charge is 0.497 e. The number of hydrogen-bond acceptors (Lipinski definition) is 3. The zero-order valence-corrected chi connectivity index (χ0v) is 12.6. The highest BCUT2D eigenvalue weighted by molar-refractivity contribution is 5.79. The van der Waals surface area contributed by atoms with E-state index in [1.165, 1.54) is 0 Å². The van der Waals surface area contributed by atoms with Crippen molar-refractivity contribution in [2.75, 3.05) is 14.2 Å². The SMILES string of the molecule is COc1cccc(C2(c3cccc(OC)c3)C[C@H]2C(=O)O)c1. The third-order valence-electron chi connectivity index (χ3n) is 4.43. The van der Waals surface area contributed by atoms with Crippen LogP contribution < -0.4 is 9.47 Å². The van der Waals surface area contributed by atoms with Crippen molar-refractivity contribution < 1.29 is 19.4 Å². The fraction of sp³-hybridized carbons (Fsp3) is 0.278. The van der Waals surface area contributed by atoms with Gasteiger partial charge in [0, 0.05) is 5.41 Å². The summed E-state index contributed by atoms with van der Waals surface area (Å²) in [6.07, 6.45) is 0.586. The van der Waals surface area contributed by atoms with Crippen LogP contribution in [0.3, 0.4) is 0 Å². The number of carboxylic acid groups (broad SMARTS) is 1. The van der Waals surface area contributed by atoms with Crippen LogP contribution in [0.25, 0.3) is 0 Å². The molecule has 1 aliphatic carbocycles. The van der Waals surface area contributed by atoms with E-state index in [2.05, 4.69) is 0 Å². The average Bonchev–Trinajstić information content (AvgIpc) is 3.32. The molecule has 4 heteroatoms. The van der Waals surface area contributed by atoms with Crippen LogP contribution >= 0.6 is 0 Å². The molecule has 2 aromatic carbocycles. The number of methoxy groups -OCH3 is 2. The van der Waals surface area contributed by atoms with E-state index < -0.39 is 17.3 Å². The highest BCUT2D eigenvalue weighted by Crippen LogP contribution is 2.59. The number of benzene rings is 2. The lowest BCUT2D eigenvalue weighted by Crippen LogP contribution is -2.17. The first kappa shape index (κ1) is 14.4. The highest BCUT2D eigenvalue weighted by atomic mass is 16.5. The van der Waals surface area contributed by atoms with Gasteiger partial charge in [0.2, 0.25) is 0 Å². The molecule has 0 aromatic heterocycles. The molecular formula is C18H18O4. The van der Waals surface area contributed by atoms with E-state index in [1.54, 1.807) is 14.2 Å². The molecular weight excluding hydrogens is 280 g/mol. The summed E-state index contributed by atoms with van der Waals surface area (Å²) in [5.74, 6) is 0.268. The molecule has 0 heterocycles. The molecule has 0 amide bonds. The van der Waals surface area contributed by atoms with Crippen molar-refractivity contribution >= 4 is 5.97 Å². The third-order valence-corrected chi connectivity index (χ3v) is 4.43. The Kier molecular flexibility index (Phi) is 3.53. The maximum absolute atomic E-state index is 11.6. The van der Waals surface area contributed by atoms with Crippen molar-refractivity contribution in [2.45, 2.75) is 11.8 Å². The maximum Gasteiger partial charge on any atom is 0.307 e. The minimum Gasteiger partial charge on any atom is -0.497 e. The number of ether oxygens (including phenoxy) is 2. The molecule has 0 bridgehead atoms. The number of hydrogen-bond donors (Lipinski definition) is 1. The smallest absolute Gasteiger partial charge is 0.307 e. The van der Waals surface area contributed by atoms with Crippen LogP contribution in [0.1, 0.15) is 17.5 Å². The molecule has 4 nitrogen and oxygen atoms in total. The summed E-state index contributed by atoms with van der Waals surface area (Å²) in [6.45, 7) is 0. The van der Waals surface area contributed by atoms with Gasteiger partial charge in [0.15, 0.2) is 0 Å². The number of carboxylic acids is 1. The van der Waals surface area contributed by atoms with Gasteiger partial charge in [-0.05, 0) is 41.8 Å². The van der Waals surface area contributed by atoms with E-state index in [0.717, 1.165) is 22.6 Å². The topological polar surface area (TPSA) is 55.8 Å². The Bertz CT molecular complexity index is 660. The summed E-state index contributed by atoms with van der Waals surface area (Å²) >= 11 is 0. The van der Waals surface area contributed by atoms with E-state index in [9.17, 15) is 9.90 Å². The molecule has 3 rings (SSSR count). The molecule has 0 spiro atoms. The molecule has 114 valence electrons. The van der Waals surface area contributed by atoms with Crippen molar-refractivity contribution in [1.82, 2.24) is 0 Å². The van der Waals surface area contributed by atoms with Crippen LogP contribution in [0.15, 0.2) is 48.5 Å². The van der Waals surface area contributed by atoms with Crippen LogP contribution in [0.4, 0.5) is 0 Å². The normalized spacial score (nSPS) is 18.5. The second kappa shape index (κ2) is 5.37. The highest BCUT2D eigenvalue weighted by Gasteiger charge is 2.60. The lowest BCUT2D eigenvalue weighted by molar-refractivity contribution is -0.138. The summed E-state index contributed by atoms with van der Waals surface area (Å²) in [6, 6.07) is 15.3. The predicted molar refractivity (Wildman–Crippen MR) is 82.5 cm³/mol. The minimum atomic E-state index is -0.773. The molecule has 1 fully saturated rings. The van der Waals surface area contributed by atoms with Gasteiger partial charge in [-0.3, -0.25) is 4.79 Å². The van der Waals surface area contributed by atoms with Crippen LogP contribution in [0, 0.1) is 5.92 Å². The van der Waals surface area contributed by atoms with Crippen LogP contribution in [0.2, 0.25) is 0 Å². The Balaban J connectivity index is 2.11. The first-order chi connectivity index (χ1) is 10.6. The van der Waals surface area contributed by atoms with Gasteiger partial charge < -0.3 is 14.6 Å². The van der Waals surface area contributed by atoms with Crippen LogP contribution in [0.5, 0.6) is 11.5 Å². The van der Waals surface area contributed by atoms with Gasteiger partial charge in [-0.1, -0.05) is 24.3 Å². The van der Waals surface area contributed by atoms with Gasteiger partial charge >= 0.3 is 5.97 Å². The van der Waals surface area contributed by atoms with Crippen molar-refractivity contribution in [1.29, 1.82) is 0 Å². The Labute approximate surface area is 129 Å². The van der Waals surface area contributed by atoms with E-state index in [0.29, 0.717) is 6.42 Å².